The lowest BCUT2D eigenvalue weighted by Crippen LogP contribution is -2.42. The van der Waals surface area contributed by atoms with E-state index in [9.17, 15) is 0 Å². The van der Waals surface area contributed by atoms with Crippen molar-refractivity contribution in [3.8, 4) is 0 Å². The molecule has 0 unspecified atom stereocenters. The van der Waals surface area contributed by atoms with Gasteiger partial charge in [-0.2, -0.15) is 0 Å². The molecular formula is C7H14O4. The van der Waals surface area contributed by atoms with Crippen LogP contribution in [0.1, 0.15) is 12.8 Å². The molecule has 0 aromatic rings. The molecule has 1 aliphatic heterocycles. The van der Waals surface area contributed by atoms with E-state index in [1.54, 1.807) is 7.11 Å². The van der Waals surface area contributed by atoms with Gasteiger partial charge in [0.1, 0.15) is 6.10 Å². The van der Waals surface area contributed by atoms with Gasteiger partial charge in [0.05, 0.1) is 12.7 Å². The molecule has 1 rings (SSSR count). The molecule has 0 amide bonds. The zero-order chi connectivity index (χ0) is 8.27. The Bertz CT molecular complexity index is 117. The van der Waals surface area contributed by atoms with Crippen molar-refractivity contribution in [2.24, 2.45) is 0 Å². The summed E-state index contributed by atoms with van der Waals surface area (Å²) in [6.07, 6.45) is 0.128. The lowest BCUT2D eigenvalue weighted by Gasteiger charge is -2.32. The molecule has 1 heterocycles. The fourth-order valence-electron chi connectivity index (χ4n) is 1.28. The van der Waals surface area contributed by atoms with Crippen molar-refractivity contribution in [1.82, 2.24) is 0 Å². The van der Waals surface area contributed by atoms with Crippen molar-refractivity contribution in [2.75, 3.05) is 13.7 Å². The summed E-state index contributed by atoms with van der Waals surface area (Å²) in [6.45, 7) is -0.102. The zero-order valence-electron chi connectivity index (χ0n) is 6.56. The van der Waals surface area contributed by atoms with Crippen molar-refractivity contribution >= 4 is 0 Å². The van der Waals surface area contributed by atoms with Crippen molar-refractivity contribution in [1.29, 1.82) is 0 Å². The number of hydrogen-bond acceptors (Lipinski definition) is 4. The molecule has 0 radical (unpaired) electrons. The summed E-state index contributed by atoms with van der Waals surface area (Å²) in [5.41, 5.74) is 0. The quantitative estimate of drug-likeness (QED) is 0.574. The molecule has 1 fully saturated rings. The Balaban J connectivity index is 2.41. The SMILES string of the molecule is CO[C@H]1CC[C@H](O)O[C@@H]1CO. The van der Waals surface area contributed by atoms with E-state index < -0.39 is 6.29 Å². The van der Waals surface area contributed by atoms with E-state index in [0.29, 0.717) is 6.42 Å². The number of aliphatic hydroxyl groups is 2. The highest BCUT2D eigenvalue weighted by molar-refractivity contribution is 4.75. The van der Waals surface area contributed by atoms with Gasteiger partial charge in [0.2, 0.25) is 0 Å². The van der Waals surface area contributed by atoms with Crippen LogP contribution in [0.15, 0.2) is 0 Å². The van der Waals surface area contributed by atoms with Crippen LogP contribution in [0.4, 0.5) is 0 Å². The molecule has 4 nitrogen and oxygen atoms in total. The van der Waals surface area contributed by atoms with Gasteiger partial charge in [0, 0.05) is 13.5 Å². The van der Waals surface area contributed by atoms with E-state index in [1.165, 1.54) is 0 Å². The second-order valence-electron chi connectivity index (χ2n) is 2.66. The van der Waals surface area contributed by atoms with Crippen LogP contribution in [-0.4, -0.2) is 42.4 Å². The maximum absolute atomic E-state index is 9.04. The van der Waals surface area contributed by atoms with Gasteiger partial charge in [-0.25, -0.2) is 0 Å². The first-order chi connectivity index (χ1) is 5.27. The van der Waals surface area contributed by atoms with Gasteiger partial charge in [-0.15, -0.1) is 0 Å². The van der Waals surface area contributed by atoms with Crippen LogP contribution < -0.4 is 0 Å². The largest absolute Gasteiger partial charge is 0.394 e. The molecule has 0 aliphatic carbocycles. The zero-order valence-corrected chi connectivity index (χ0v) is 6.56. The first-order valence-electron chi connectivity index (χ1n) is 3.75. The van der Waals surface area contributed by atoms with Gasteiger partial charge in [-0.05, 0) is 6.42 Å². The van der Waals surface area contributed by atoms with E-state index in [4.69, 9.17) is 19.7 Å². The third-order valence-corrected chi connectivity index (χ3v) is 1.93. The van der Waals surface area contributed by atoms with Gasteiger partial charge >= 0.3 is 0 Å². The normalized spacial score (nSPS) is 39.0. The lowest BCUT2D eigenvalue weighted by molar-refractivity contribution is -0.213. The average molecular weight is 162 g/mol. The minimum absolute atomic E-state index is 0.0802. The third-order valence-electron chi connectivity index (χ3n) is 1.93. The molecule has 0 saturated carbocycles. The molecule has 66 valence electrons. The molecule has 1 aliphatic rings. The van der Waals surface area contributed by atoms with Crippen molar-refractivity contribution in [3.63, 3.8) is 0 Å². The summed E-state index contributed by atoms with van der Waals surface area (Å²) >= 11 is 0. The summed E-state index contributed by atoms with van der Waals surface area (Å²) in [4.78, 5) is 0. The molecular weight excluding hydrogens is 148 g/mol. The van der Waals surface area contributed by atoms with Crippen LogP contribution in [0, 0.1) is 0 Å². The van der Waals surface area contributed by atoms with Crippen LogP contribution in [0.2, 0.25) is 0 Å². The Morgan fingerprint density at radius 1 is 1.55 bits per heavy atom. The molecule has 0 spiro atoms. The smallest absolute Gasteiger partial charge is 0.155 e. The standard InChI is InChI=1S/C7H14O4/c1-10-5-2-3-7(9)11-6(5)4-8/h5-9H,2-4H2,1H3/t5-,6+,7+/m0/s1. The Kier molecular flexibility index (Phi) is 3.26. The van der Waals surface area contributed by atoms with Crippen LogP contribution in [0.25, 0.3) is 0 Å². The second kappa shape index (κ2) is 4.01. The van der Waals surface area contributed by atoms with Crippen LogP contribution >= 0.6 is 0 Å². The molecule has 11 heavy (non-hydrogen) atoms. The van der Waals surface area contributed by atoms with Crippen LogP contribution in [0.5, 0.6) is 0 Å². The van der Waals surface area contributed by atoms with E-state index in [1.807, 2.05) is 0 Å². The summed E-state index contributed by atoms with van der Waals surface area (Å²) in [7, 11) is 1.58. The molecule has 1 saturated heterocycles. The summed E-state index contributed by atoms with van der Waals surface area (Å²) in [5, 5.41) is 17.8. The predicted molar refractivity (Wildman–Crippen MR) is 38.0 cm³/mol. The molecule has 0 aromatic carbocycles. The minimum Gasteiger partial charge on any atom is -0.394 e. The highest BCUT2D eigenvalue weighted by atomic mass is 16.6. The Labute approximate surface area is 65.7 Å². The Morgan fingerprint density at radius 2 is 2.27 bits per heavy atom. The van der Waals surface area contributed by atoms with Crippen LogP contribution in [-0.2, 0) is 9.47 Å². The fourth-order valence-corrected chi connectivity index (χ4v) is 1.28. The lowest BCUT2D eigenvalue weighted by atomic mass is 10.1. The van der Waals surface area contributed by atoms with Crippen molar-refractivity contribution < 1.29 is 19.7 Å². The fraction of sp³-hybridized carbons (Fsp3) is 1.00. The van der Waals surface area contributed by atoms with Gasteiger partial charge in [-0.3, -0.25) is 0 Å². The highest BCUT2D eigenvalue weighted by Gasteiger charge is 2.29. The molecule has 0 bridgehead atoms. The highest BCUT2D eigenvalue weighted by Crippen LogP contribution is 2.19. The van der Waals surface area contributed by atoms with Crippen LogP contribution in [0.3, 0.4) is 0 Å². The van der Waals surface area contributed by atoms with E-state index in [0.717, 1.165) is 6.42 Å². The minimum atomic E-state index is -0.737. The second-order valence-corrected chi connectivity index (χ2v) is 2.66. The summed E-state index contributed by atoms with van der Waals surface area (Å²) < 4.78 is 10.1. The number of hydrogen-bond donors (Lipinski definition) is 2. The van der Waals surface area contributed by atoms with Crippen molar-refractivity contribution in [2.45, 2.75) is 31.3 Å². The number of methoxy groups -OCH3 is 1. The van der Waals surface area contributed by atoms with Crippen molar-refractivity contribution in [3.05, 3.63) is 0 Å². The molecule has 0 aromatic heterocycles. The Hall–Kier alpha value is -0.160. The van der Waals surface area contributed by atoms with E-state index >= 15 is 0 Å². The molecule has 2 N–H and O–H groups in total. The van der Waals surface area contributed by atoms with Gasteiger partial charge in [-0.1, -0.05) is 0 Å². The summed E-state index contributed by atoms with van der Waals surface area (Å²) in [6, 6.07) is 0. The number of aliphatic hydroxyl groups excluding tert-OH is 2. The van der Waals surface area contributed by atoms with E-state index in [-0.39, 0.29) is 18.8 Å². The van der Waals surface area contributed by atoms with Gasteiger partial charge in [0.25, 0.3) is 0 Å². The molecule has 4 heteroatoms. The number of ether oxygens (including phenoxy) is 2. The topological polar surface area (TPSA) is 58.9 Å². The van der Waals surface area contributed by atoms with Gasteiger partial charge < -0.3 is 19.7 Å². The predicted octanol–water partition coefficient (Wildman–Crippen LogP) is -0.509. The maximum atomic E-state index is 9.04. The third kappa shape index (κ3) is 2.13. The number of rotatable bonds is 2. The summed E-state index contributed by atoms with van der Waals surface area (Å²) in [5.74, 6) is 0. The first kappa shape index (κ1) is 8.93. The monoisotopic (exact) mass is 162 g/mol. The van der Waals surface area contributed by atoms with Gasteiger partial charge in [0.15, 0.2) is 6.29 Å². The average Bonchev–Trinajstić information content (AvgIpc) is 2.04. The Morgan fingerprint density at radius 3 is 2.82 bits per heavy atom. The first-order valence-corrected chi connectivity index (χ1v) is 3.75. The molecule has 3 atom stereocenters. The maximum Gasteiger partial charge on any atom is 0.155 e. The van der Waals surface area contributed by atoms with E-state index in [2.05, 4.69) is 0 Å².